The van der Waals surface area contributed by atoms with Crippen molar-refractivity contribution in [2.24, 2.45) is 5.10 Å². The molecule has 1 aliphatic heterocycles. The van der Waals surface area contributed by atoms with E-state index in [4.69, 9.17) is 0 Å². The van der Waals surface area contributed by atoms with Crippen molar-refractivity contribution in [3.63, 3.8) is 0 Å². The Balaban J connectivity index is 1.57. The largest absolute Gasteiger partial charge is 0.337 e. The van der Waals surface area contributed by atoms with Crippen LogP contribution in [-0.2, 0) is 13.1 Å². The van der Waals surface area contributed by atoms with Gasteiger partial charge in [-0.1, -0.05) is 6.07 Å². The van der Waals surface area contributed by atoms with Gasteiger partial charge in [-0.05, 0) is 40.2 Å². The Kier molecular flexibility index (Phi) is 4.04. The van der Waals surface area contributed by atoms with E-state index in [1.807, 2.05) is 17.1 Å². The van der Waals surface area contributed by atoms with Crippen molar-refractivity contribution in [2.45, 2.75) is 13.1 Å². The third-order valence-corrected chi connectivity index (χ3v) is 4.30. The molecule has 1 aliphatic rings. The predicted molar refractivity (Wildman–Crippen MR) is 92.7 cm³/mol. The molecule has 3 aromatic rings. The first-order valence-corrected chi connectivity index (χ1v) is 8.32. The van der Waals surface area contributed by atoms with Crippen LogP contribution in [0, 0.1) is 11.6 Å². The van der Waals surface area contributed by atoms with Gasteiger partial charge in [0.15, 0.2) is 11.6 Å². The SMILES string of the molecule is Fc1cccc(-c2nc3c([nH]2)C=NN(Cc2ccc(Br)cn2)C3)c1F. The van der Waals surface area contributed by atoms with Crippen LogP contribution in [0.3, 0.4) is 0 Å². The van der Waals surface area contributed by atoms with Crippen molar-refractivity contribution in [2.75, 3.05) is 0 Å². The number of aromatic nitrogens is 3. The molecule has 2 aromatic heterocycles. The number of H-pyrrole nitrogens is 1. The minimum absolute atomic E-state index is 0.101. The number of imidazole rings is 1. The Hall–Kier alpha value is -2.61. The zero-order chi connectivity index (χ0) is 17.4. The molecular weight excluding hydrogens is 392 g/mol. The molecule has 0 spiro atoms. The van der Waals surface area contributed by atoms with E-state index in [0.717, 1.165) is 21.9 Å². The Labute approximate surface area is 150 Å². The van der Waals surface area contributed by atoms with Crippen LogP contribution in [-0.4, -0.2) is 26.2 Å². The predicted octanol–water partition coefficient (Wildman–Crippen LogP) is 3.86. The van der Waals surface area contributed by atoms with E-state index >= 15 is 0 Å². The van der Waals surface area contributed by atoms with Crippen molar-refractivity contribution < 1.29 is 8.78 Å². The summed E-state index contributed by atoms with van der Waals surface area (Å²) in [5.74, 6) is -1.53. The highest BCUT2D eigenvalue weighted by atomic mass is 79.9. The Bertz CT molecular complexity index is 952. The summed E-state index contributed by atoms with van der Waals surface area (Å²) in [6.07, 6.45) is 3.36. The zero-order valence-corrected chi connectivity index (χ0v) is 14.5. The maximum Gasteiger partial charge on any atom is 0.169 e. The van der Waals surface area contributed by atoms with Gasteiger partial charge >= 0.3 is 0 Å². The molecule has 0 radical (unpaired) electrons. The molecule has 4 rings (SSSR count). The molecule has 0 amide bonds. The van der Waals surface area contributed by atoms with E-state index in [0.29, 0.717) is 18.8 Å². The van der Waals surface area contributed by atoms with E-state index in [1.165, 1.54) is 12.1 Å². The number of nitrogens with one attached hydrogen (secondary N) is 1. The van der Waals surface area contributed by atoms with Crippen molar-refractivity contribution in [3.05, 3.63) is 69.7 Å². The van der Waals surface area contributed by atoms with E-state index in [9.17, 15) is 8.78 Å². The van der Waals surface area contributed by atoms with Gasteiger partial charge < -0.3 is 4.98 Å². The van der Waals surface area contributed by atoms with Crippen LogP contribution in [0.15, 0.2) is 46.1 Å². The monoisotopic (exact) mass is 403 g/mol. The van der Waals surface area contributed by atoms with Gasteiger partial charge in [0.1, 0.15) is 5.82 Å². The maximum atomic E-state index is 14.0. The van der Waals surface area contributed by atoms with Gasteiger partial charge in [0.05, 0.1) is 41.9 Å². The lowest BCUT2D eigenvalue weighted by atomic mass is 10.2. The average molecular weight is 404 g/mol. The lowest BCUT2D eigenvalue weighted by Gasteiger charge is -2.20. The molecule has 5 nitrogen and oxygen atoms in total. The number of aromatic amines is 1. The second-order valence-electron chi connectivity index (χ2n) is 5.58. The summed E-state index contributed by atoms with van der Waals surface area (Å²) in [4.78, 5) is 11.7. The van der Waals surface area contributed by atoms with E-state index in [1.54, 1.807) is 12.4 Å². The Morgan fingerprint density at radius 3 is 2.88 bits per heavy atom. The van der Waals surface area contributed by atoms with Crippen LogP contribution in [0.25, 0.3) is 11.4 Å². The van der Waals surface area contributed by atoms with Crippen molar-refractivity contribution in [1.82, 2.24) is 20.0 Å². The molecule has 0 fully saturated rings. The number of fused-ring (bicyclic) bond motifs is 1. The number of hydrogen-bond acceptors (Lipinski definition) is 4. The third-order valence-electron chi connectivity index (χ3n) is 3.83. The van der Waals surface area contributed by atoms with Crippen LogP contribution in [0.4, 0.5) is 8.78 Å². The fourth-order valence-corrected chi connectivity index (χ4v) is 2.84. The second kappa shape index (κ2) is 6.36. The molecule has 0 unspecified atom stereocenters. The second-order valence-corrected chi connectivity index (χ2v) is 6.50. The molecular formula is C17H12BrF2N5. The molecule has 0 aliphatic carbocycles. The molecule has 0 saturated heterocycles. The quantitative estimate of drug-likeness (QED) is 0.722. The van der Waals surface area contributed by atoms with Crippen LogP contribution in [0.2, 0.25) is 0 Å². The lowest BCUT2D eigenvalue weighted by Crippen LogP contribution is -2.21. The van der Waals surface area contributed by atoms with Gasteiger partial charge in [0.2, 0.25) is 0 Å². The summed E-state index contributed by atoms with van der Waals surface area (Å²) >= 11 is 3.35. The van der Waals surface area contributed by atoms with Gasteiger partial charge in [-0.3, -0.25) is 9.99 Å². The molecule has 0 saturated carbocycles. The van der Waals surface area contributed by atoms with Crippen molar-refractivity contribution in [1.29, 1.82) is 0 Å². The molecule has 1 aromatic carbocycles. The number of pyridine rings is 1. The summed E-state index contributed by atoms with van der Waals surface area (Å²) in [5, 5.41) is 6.16. The minimum Gasteiger partial charge on any atom is -0.337 e. The Morgan fingerprint density at radius 2 is 2.08 bits per heavy atom. The van der Waals surface area contributed by atoms with Gasteiger partial charge in [-0.15, -0.1) is 0 Å². The fraction of sp³-hybridized carbons (Fsp3) is 0.118. The van der Waals surface area contributed by atoms with Gasteiger partial charge in [0.25, 0.3) is 0 Å². The summed E-state index contributed by atoms with van der Waals surface area (Å²) in [6.45, 7) is 0.983. The molecule has 0 bridgehead atoms. The van der Waals surface area contributed by atoms with Gasteiger partial charge in [-0.25, -0.2) is 13.8 Å². The van der Waals surface area contributed by atoms with Crippen LogP contribution in [0.1, 0.15) is 17.1 Å². The van der Waals surface area contributed by atoms with Crippen molar-refractivity contribution in [3.8, 4) is 11.4 Å². The molecule has 8 heteroatoms. The first kappa shape index (κ1) is 15.9. The molecule has 1 N–H and O–H groups in total. The molecule has 126 valence electrons. The normalized spacial score (nSPS) is 13.2. The number of hydrazone groups is 1. The van der Waals surface area contributed by atoms with Gasteiger partial charge in [-0.2, -0.15) is 5.10 Å². The van der Waals surface area contributed by atoms with E-state index in [2.05, 4.69) is 36.0 Å². The lowest BCUT2D eigenvalue weighted by molar-refractivity contribution is 0.261. The van der Waals surface area contributed by atoms with Crippen LogP contribution >= 0.6 is 15.9 Å². The first-order chi connectivity index (χ1) is 12.1. The Morgan fingerprint density at radius 1 is 1.20 bits per heavy atom. The number of nitrogens with zero attached hydrogens (tertiary/aromatic N) is 4. The summed E-state index contributed by atoms with van der Waals surface area (Å²) < 4.78 is 28.3. The molecule has 3 heterocycles. The van der Waals surface area contributed by atoms with Crippen LogP contribution in [0.5, 0.6) is 0 Å². The summed E-state index contributed by atoms with van der Waals surface area (Å²) in [7, 11) is 0. The third kappa shape index (κ3) is 3.17. The number of rotatable bonds is 3. The zero-order valence-electron chi connectivity index (χ0n) is 12.9. The van der Waals surface area contributed by atoms with Crippen molar-refractivity contribution >= 4 is 22.1 Å². The topological polar surface area (TPSA) is 57.2 Å². The highest BCUT2D eigenvalue weighted by Crippen LogP contribution is 2.25. The van der Waals surface area contributed by atoms with Crippen LogP contribution < -0.4 is 0 Å². The first-order valence-electron chi connectivity index (χ1n) is 7.53. The maximum absolute atomic E-state index is 14.0. The smallest absolute Gasteiger partial charge is 0.169 e. The van der Waals surface area contributed by atoms with E-state index < -0.39 is 11.6 Å². The average Bonchev–Trinajstić information content (AvgIpc) is 3.02. The number of benzene rings is 1. The van der Waals surface area contributed by atoms with Gasteiger partial charge in [0, 0.05) is 10.7 Å². The standard InChI is InChI=1S/C17H12BrF2N5/c18-10-4-5-11(21-6-10)8-25-9-15-14(7-22-25)23-17(24-15)12-2-1-3-13(19)16(12)20/h1-7H,8-9H2,(H,23,24). The molecule has 25 heavy (non-hydrogen) atoms. The van der Waals surface area contributed by atoms with E-state index in [-0.39, 0.29) is 11.4 Å². The molecule has 0 atom stereocenters. The fourth-order valence-electron chi connectivity index (χ4n) is 2.60. The number of halogens is 3. The minimum atomic E-state index is -0.915. The summed E-state index contributed by atoms with van der Waals surface area (Å²) in [6, 6.07) is 7.85. The highest BCUT2D eigenvalue weighted by molar-refractivity contribution is 9.10. The highest BCUT2D eigenvalue weighted by Gasteiger charge is 2.20. The summed E-state index contributed by atoms with van der Waals surface area (Å²) in [5.41, 5.74) is 2.39. The number of hydrogen-bond donors (Lipinski definition) is 1.